The Kier molecular flexibility index (Phi) is 3.43. The Hall–Kier alpha value is -2.17. The summed E-state index contributed by atoms with van der Waals surface area (Å²) in [7, 11) is 1.72. The van der Waals surface area contributed by atoms with Gasteiger partial charge in [0.1, 0.15) is 4.32 Å². The second kappa shape index (κ2) is 5.48. The number of carbonyl (C=O) groups excluding carboxylic acids is 1. The van der Waals surface area contributed by atoms with Crippen molar-refractivity contribution >= 4 is 61.8 Å². The maximum atomic E-state index is 12.3. The zero-order valence-corrected chi connectivity index (χ0v) is 14.1. The van der Waals surface area contributed by atoms with E-state index in [9.17, 15) is 4.79 Å². The molecular formula is C19H13NOS2. The van der Waals surface area contributed by atoms with E-state index in [1.54, 1.807) is 7.05 Å². The number of thioether (sulfide) groups is 1. The van der Waals surface area contributed by atoms with Gasteiger partial charge in [0.2, 0.25) is 0 Å². The molecule has 112 valence electrons. The van der Waals surface area contributed by atoms with E-state index >= 15 is 0 Å². The lowest BCUT2D eigenvalue weighted by Crippen LogP contribution is -2.22. The Labute approximate surface area is 143 Å². The van der Waals surface area contributed by atoms with E-state index in [0.29, 0.717) is 9.23 Å². The van der Waals surface area contributed by atoms with Gasteiger partial charge in [0.15, 0.2) is 0 Å². The van der Waals surface area contributed by atoms with Crippen molar-refractivity contribution in [3.8, 4) is 0 Å². The molecule has 0 radical (unpaired) electrons. The van der Waals surface area contributed by atoms with Crippen molar-refractivity contribution in [2.24, 2.45) is 0 Å². The second-order valence-corrected chi connectivity index (χ2v) is 7.15. The lowest BCUT2D eigenvalue weighted by atomic mass is 9.96. The molecule has 0 aliphatic carbocycles. The summed E-state index contributed by atoms with van der Waals surface area (Å²) in [6.07, 6.45) is 1.98. The topological polar surface area (TPSA) is 20.3 Å². The van der Waals surface area contributed by atoms with Crippen LogP contribution in [0.5, 0.6) is 0 Å². The molecule has 4 heteroatoms. The van der Waals surface area contributed by atoms with Gasteiger partial charge in [-0.25, -0.2) is 0 Å². The number of carbonyl (C=O) groups is 1. The van der Waals surface area contributed by atoms with Gasteiger partial charge in [-0.05, 0) is 39.3 Å². The number of likely N-dealkylation sites (N-methyl/N-ethyl adjacent to an activating group) is 1. The maximum Gasteiger partial charge on any atom is 0.265 e. The molecule has 1 aliphatic rings. The predicted octanol–water partition coefficient (Wildman–Crippen LogP) is 4.82. The SMILES string of the molecule is CN1C(=O)/C(=C\c2c3ccccc3cc3ccccc23)SC1=S. The van der Waals surface area contributed by atoms with Crippen LogP contribution in [-0.4, -0.2) is 22.2 Å². The average molecular weight is 335 g/mol. The van der Waals surface area contributed by atoms with Crippen LogP contribution >= 0.6 is 24.0 Å². The Bertz CT molecular complexity index is 953. The monoisotopic (exact) mass is 335 g/mol. The summed E-state index contributed by atoms with van der Waals surface area (Å²) >= 11 is 6.59. The molecule has 0 unspecified atom stereocenters. The number of thiocarbonyl (C=S) groups is 1. The van der Waals surface area contributed by atoms with Crippen LogP contribution in [0.2, 0.25) is 0 Å². The van der Waals surface area contributed by atoms with E-state index in [0.717, 1.165) is 16.3 Å². The standard InChI is InChI=1S/C19H13NOS2/c1-20-18(21)17(23-19(20)22)11-16-14-8-4-2-6-12(14)10-13-7-3-5-9-15(13)16/h2-11H,1H3/b17-11+. The Morgan fingerprint density at radius 1 is 1.00 bits per heavy atom. The minimum atomic E-state index is -0.0305. The van der Waals surface area contributed by atoms with Gasteiger partial charge in [0.05, 0.1) is 4.91 Å². The first-order chi connectivity index (χ1) is 11.1. The van der Waals surface area contributed by atoms with E-state index in [4.69, 9.17) is 12.2 Å². The van der Waals surface area contributed by atoms with E-state index in [-0.39, 0.29) is 5.91 Å². The molecule has 1 saturated heterocycles. The second-order valence-electron chi connectivity index (χ2n) is 5.47. The van der Waals surface area contributed by atoms with E-state index in [1.807, 2.05) is 30.3 Å². The molecular weight excluding hydrogens is 322 g/mol. The number of rotatable bonds is 1. The number of benzene rings is 3. The molecule has 1 fully saturated rings. The number of amides is 1. The molecule has 3 aromatic rings. The van der Waals surface area contributed by atoms with Crippen LogP contribution in [0.15, 0.2) is 59.5 Å². The van der Waals surface area contributed by atoms with E-state index < -0.39 is 0 Å². The molecule has 3 aromatic carbocycles. The fraction of sp³-hybridized carbons (Fsp3) is 0.0526. The van der Waals surface area contributed by atoms with Gasteiger partial charge in [0, 0.05) is 7.05 Å². The van der Waals surface area contributed by atoms with Gasteiger partial charge in [-0.3, -0.25) is 9.69 Å². The first kappa shape index (κ1) is 14.4. The van der Waals surface area contributed by atoms with E-state index in [1.165, 1.54) is 27.4 Å². The molecule has 0 atom stereocenters. The van der Waals surface area contributed by atoms with Crippen LogP contribution in [-0.2, 0) is 4.79 Å². The lowest BCUT2D eigenvalue weighted by molar-refractivity contribution is -0.121. The molecule has 1 heterocycles. The summed E-state index contributed by atoms with van der Waals surface area (Å²) in [4.78, 5) is 14.5. The Morgan fingerprint density at radius 2 is 1.57 bits per heavy atom. The Morgan fingerprint density at radius 3 is 2.09 bits per heavy atom. The van der Waals surface area contributed by atoms with Crippen molar-refractivity contribution < 1.29 is 4.79 Å². The van der Waals surface area contributed by atoms with Crippen molar-refractivity contribution in [1.82, 2.24) is 4.90 Å². The van der Waals surface area contributed by atoms with Crippen LogP contribution in [0.1, 0.15) is 5.56 Å². The molecule has 1 amide bonds. The average Bonchev–Trinajstić information content (AvgIpc) is 2.81. The zero-order chi connectivity index (χ0) is 16.0. The number of hydrogen-bond acceptors (Lipinski definition) is 3. The predicted molar refractivity (Wildman–Crippen MR) is 102 cm³/mol. The molecule has 0 N–H and O–H groups in total. The molecule has 23 heavy (non-hydrogen) atoms. The van der Waals surface area contributed by atoms with Crippen molar-refractivity contribution in [3.63, 3.8) is 0 Å². The number of hydrogen-bond donors (Lipinski definition) is 0. The third kappa shape index (κ3) is 2.35. The molecule has 2 nitrogen and oxygen atoms in total. The largest absolute Gasteiger partial charge is 0.296 e. The van der Waals surface area contributed by atoms with Crippen molar-refractivity contribution in [2.75, 3.05) is 7.05 Å². The van der Waals surface area contributed by atoms with Crippen LogP contribution in [0.25, 0.3) is 27.6 Å². The van der Waals surface area contributed by atoms with E-state index in [2.05, 4.69) is 30.3 Å². The Balaban J connectivity index is 2.04. The first-order valence-corrected chi connectivity index (χ1v) is 8.50. The fourth-order valence-electron chi connectivity index (χ4n) is 2.88. The van der Waals surface area contributed by atoms with Gasteiger partial charge in [-0.15, -0.1) is 0 Å². The summed E-state index contributed by atoms with van der Waals surface area (Å²) in [5.41, 5.74) is 1.08. The third-order valence-electron chi connectivity index (χ3n) is 4.07. The van der Waals surface area contributed by atoms with Crippen LogP contribution in [0, 0.1) is 0 Å². The minimum absolute atomic E-state index is 0.0305. The summed E-state index contributed by atoms with van der Waals surface area (Å²) in [6, 6.07) is 18.7. The highest BCUT2D eigenvalue weighted by Gasteiger charge is 2.29. The summed E-state index contributed by atoms with van der Waals surface area (Å²) < 4.78 is 0.603. The van der Waals surface area contributed by atoms with Crippen LogP contribution in [0.3, 0.4) is 0 Å². The highest BCUT2D eigenvalue weighted by Crippen LogP contribution is 2.35. The molecule has 1 aliphatic heterocycles. The zero-order valence-electron chi connectivity index (χ0n) is 12.4. The summed E-state index contributed by atoms with van der Waals surface area (Å²) in [6.45, 7) is 0. The third-order valence-corrected chi connectivity index (χ3v) is 5.56. The van der Waals surface area contributed by atoms with Crippen molar-refractivity contribution in [3.05, 3.63) is 65.1 Å². The fourth-order valence-corrected chi connectivity index (χ4v) is 4.04. The molecule has 0 saturated carbocycles. The van der Waals surface area contributed by atoms with Gasteiger partial charge in [-0.2, -0.15) is 0 Å². The highest BCUT2D eigenvalue weighted by molar-refractivity contribution is 8.26. The molecule has 0 bridgehead atoms. The van der Waals surface area contributed by atoms with Gasteiger partial charge >= 0.3 is 0 Å². The molecule has 0 spiro atoms. The van der Waals surface area contributed by atoms with Gasteiger partial charge < -0.3 is 0 Å². The summed E-state index contributed by atoms with van der Waals surface area (Å²) in [5.74, 6) is -0.0305. The summed E-state index contributed by atoms with van der Waals surface area (Å²) in [5, 5.41) is 4.63. The van der Waals surface area contributed by atoms with Gasteiger partial charge in [0.25, 0.3) is 5.91 Å². The first-order valence-electron chi connectivity index (χ1n) is 7.27. The molecule has 0 aromatic heterocycles. The number of fused-ring (bicyclic) bond motifs is 2. The molecule has 4 rings (SSSR count). The highest BCUT2D eigenvalue weighted by atomic mass is 32.2. The normalized spacial score (nSPS) is 16.9. The maximum absolute atomic E-state index is 12.3. The quantitative estimate of drug-likeness (QED) is 0.361. The van der Waals surface area contributed by atoms with Crippen LogP contribution in [0.4, 0.5) is 0 Å². The van der Waals surface area contributed by atoms with Crippen molar-refractivity contribution in [2.45, 2.75) is 0 Å². The lowest BCUT2D eigenvalue weighted by Gasteiger charge is -2.09. The van der Waals surface area contributed by atoms with Crippen molar-refractivity contribution in [1.29, 1.82) is 0 Å². The smallest absolute Gasteiger partial charge is 0.265 e. The van der Waals surface area contributed by atoms with Crippen LogP contribution < -0.4 is 0 Å². The minimum Gasteiger partial charge on any atom is -0.296 e. The number of nitrogens with zero attached hydrogens (tertiary/aromatic N) is 1. The van der Waals surface area contributed by atoms with Gasteiger partial charge in [-0.1, -0.05) is 72.5 Å².